The van der Waals surface area contributed by atoms with Crippen molar-refractivity contribution >= 4 is 28.6 Å². The van der Waals surface area contributed by atoms with Gasteiger partial charge in [-0.3, -0.25) is 29.6 Å². The number of pyridine rings is 1. The molecule has 2 saturated heterocycles. The number of imide groups is 1. The molecule has 3 atom stereocenters. The van der Waals surface area contributed by atoms with Crippen molar-refractivity contribution in [2.75, 3.05) is 13.1 Å². The number of carbonyl (C=O) groups is 3. The van der Waals surface area contributed by atoms with Gasteiger partial charge in [-0.1, -0.05) is 18.2 Å². The number of likely N-dealkylation sites (tertiary alicyclic amines) is 1. The maximum atomic E-state index is 13.0. The van der Waals surface area contributed by atoms with Gasteiger partial charge in [0, 0.05) is 55.2 Å². The number of rotatable bonds is 5. The van der Waals surface area contributed by atoms with E-state index in [9.17, 15) is 14.4 Å². The molecule has 3 unspecified atom stereocenters. The van der Waals surface area contributed by atoms with Crippen molar-refractivity contribution in [3.05, 3.63) is 71.4 Å². The molecule has 38 heavy (non-hydrogen) atoms. The third kappa shape index (κ3) is 4.04. The van der Waals surface area contributed by atoms with Gasteiger partial charge in [-0.05, 0) is 67.1 Å². The van der Waals surface area contributed by atoms with Crippen molar-refractivity contribution in [1.29, 1.82) is 0 Å². The monoisotopic (exact) mass is 510 g/mol. The second-order valence-corrected chi connectivity index (χ2v) is 11.0. The van der Waals surface area contributed by atoms with Gasteiger partial charge in [0.15, 0.2) is 0 Å². The number of nitrogens with one attached hydrogen (secondary N) is 1. The summed E-state index contributed by atoms with van der Waals surface area (Å²) in [5.41, 5.74) is 3.89. The SMILES string of the molecule is O=C1CCC(N2Cc3cc(OC4CCCC4N4CC(c5ccc6cccnc6c5)C4)ccc3C2=O)C(=O)N1. The van der Waals surface area contributed by atoms with Crippen LogP contribution in [0.5, 0.6) is 5.75 Å². The van der Waals surface area contributed by atoms with E-state index in [1.807, 2.05) is 30.5 Å². The summed E-state index contributed by atoms with van der Waals surface area (Å²) in [5, 5.41) is 3.53. The number of carbonyl (C=O) groups excluding carboxylic acids is 3. The predicted octanol–water partition coefficient (Wildman–Crippen LogP) is 3.40. The average Bonchev–Trinajstić information content (AvgIpc) is 3.47. The highest BCUT2D eigenvalue weighted by atomic mass is 16.5. The molecule has 194 valence electrons. The Morgan fingerprint density at radius 3 is 2.74 bits per heavy atom. The van der Waals surface area contributed by atoms with Gasteiger partial charge in [0.25, 0.3) is 5.91 Å². The highest BCUT2D eigenvalue weighted by Crippen LogP contribution is 2.37. The van der Waals surface area contributed by atoms with Crippen molar-refractivity contribution in [3.63, 3.8) is 0 Å². The van der Waals surface area contributed by atoms with Gasteiger partial charge >= 0.3 is 0 Å². The van der Waals surface area contributed by atoms with E-state index in [4.69, 9.17) is 4.74 Å². The Labute approximate surface area is 221 Å². The van der Waals surface area contributed by atoms with E-state index in [2.05, 4.69) is 39.5 Å². The molecular weight excluding hydrogens is 480 g/mol. The number of amides is 3. The molecule has 4 aliphatic rings. The maximum Gasteiger partial charge on any atom is 0.255 e. The number of aromatic nitrogens is 1. The molecule has 3 aromatic rings. The summed E-state index contributed by atoms with van der Waals surface area (Å²) in [6.07, 6.45) is 5.88. The minimum Gasteiger partial charge on any atom is -0.489 e. The Hall–Kier alpha value is -3.78. The van der Waals surface area contributed by atoms with Crippen molar-refractivity contribution in [2.45, 2.75) is 62.8 Å². The molecule has 1 saturated carbocycles. The largest absolute Gasteiger partial charge is 0.489 e. The predicted molar refractivity (Wildman–Crippen MR) is 141 cm³/mol. The fraction of sp³-hybridized carbons (Fsp3) is 0.400. The quantitative estimate of drug-likeness (QED) is 0.529. The van der Waals surface area contributed by atoms with E-state index >= 15 is 0 Å². The van der Waals surface area contributed by atoms with Gasteiger partial charge in [0.1, 0.15) is 17.9 Å². The van der Waals surface area contributed by atoms with Crippen LogP contribution in [0.25, 0.3) is 10.9 Å². The fourth-order valence-corrected chi connectivity index (χ4v) is 6.59. The van der Waals surface area contributed by atoms with E-state index in [-0.39, 0.29) is 30.2 Å². The molecule has 3 fully saturated rings. The van der Waals surface area contributed by atoms with Gasteiger partial charge in [0.2, 0.25) is 11.8 Å². The molecule has 0 radical (unpaired) electrons. The molecule has 0 spiro atoms. The smallest absolute Gasteiger partial charge is 0.255 e. The molecule has 1 N–H and O–H groups in total. The van der Waals surface area contributed by atoms with Crippen molar-refractivity contribution in [1.82, 2.24) is 20.1 Å². The van der Waals surface area contributed by atoms with Crippen LogP contribution in [0, 0.1) is 0 Å². The van der Waals surface area contributed by atoms with E-state index in [1.165, 1.54) is 10.9 Å². The zero-order valence-corrected chi connectivity index (χ0v) is 21.1. The summed E-state index contributed by atoms with van der Waals surface area (Å²) >= 11 is 0. The fourth-order valence-electron chi connectivity index (χ4n) is 6.59. The molecule has 3 amide bonds. The molecular formula is C30H30N4O4. The lowest BCUT2D eigenvalue weighted by atomic mass is 9.88. The summed E-state index contributed by atoms with van der Waals surface area (Å²) in [7, 11) is 0. The third-order valence-electron chi connectivity index (χ3n) is 8.68. The molecule has 0 bridgehead atoms. The number of nitrogens with zero attached hydrogens (tertiary/aromatic N) is 3. The molecule has 1 aliphatic carbocycles. The first-order chi connectivity index (χ1) is 18.5. The number of benzene rings is 2. The van der Waals surface area contributed by atoms with Gasteiger partial charge in [-0.15, -0.1) is 0 Å². The number of ether oxygens (including phenoxy) is 1. The lowest BCUT2D eigenvalue weighted by Crippen LogP contribution is -2.54. The first kappa shape index (κ1) is 23.3. The summed E-state index contributed by atoms with van der Waals surface area (Å²) in [6, 6.07) is 16.1. The number of fused-ring (bicyclic) bond motifs is 2. The Morgan fingerprint density at radius 2 is 1.87 bits per heavy atom. The molecule has 3 aliphatic heterocycles. The van der Waals surface area contributed by atoms with E-state index in [0.29, 0.717) is 30.5 Å². The molecule has 8 nitrogen and oxygen atoms in total. The van der Waals surface area contributed by atoms with Gasteiger partial charge in [-0.2, -0.15) is 0 Å². The van der Waals surface area contributed by atoms with Crippen LogP contribution in [0.15, 0.2) is 54.7 Å². The number of hydrogen-bond acceptors (Lipinski definition) is 6. The number of piperidine rings is 1. The Bertz CT molecular complexity index is 1450. The Kier molecular flexibility index (Phi) is 5.65. The topological polar surface area (TPSA) is 91.8 Å². The van der Waals surface area contributed by atoms with Gasteiger partial charge in [0.05, 0.1) is 5.52 Å². The molecule has 4 heterocycles. The summed E-state index contributed by atoms with van der Waals surface area (Å²) in [6.45, 7) is 2.42. The van der Waals surface area contributed by atoms with Crippen LogP contribution in [0.3, 0.4) is 0 Å². The minimum absolute atomic E-state index is 0.121. The zero-order chi connectivity index (χ0) is 25.8. The van der Waals surface area contributed by atoms with Crippen LogP contribution in [0.1, 0.15) is 59.5 Å². The number of hydrogen-bond donors (Lipinski definition) is 1. The Morgan fingerprint density at radius 1 is 0.974 bits per heavy atom. The summed E-state index contributed by atoms with van der Waals surface area (Å²) in [4.78, 5) is 45.5. The van der Waals surface area contributed by atoms with Crippen LogP contribution < -0.4 is 10.1 Å². The van der Waals surface area contributed by atoms with Crippen LogP contribution in [0.2, 0.25) is 0 Å². The Balaban J connectivity index is 1.00. The van der Waals surface area contributed by atoms with Crippen LogP contribution in [-0.2, 0) is 16.1 Å². The van der Waals surface area contributed by atoms with Crippen LogP contribution >= 0.6 is 0 Å². The standard InChI is InChI=1S/C30H30N4O4/c35-28-11-10-26(29(36)32-28)34-17-20-13-22(8-9-23(20)30(34)37)38-27-5-1-4-25(27)33-15-21(16-33)19-7-6-18-3-2-12-31-24(18)14-19/h2-3,6-9,12-14,21,25-27H,1,4-5,10-11,15-17H2,(H,32,35,36). The first-order valence-electron chi connectivity index (χ1n) is 13.6. The maximum absolute atomic E-state index is 13.0. The van der Waals surface area contributed by atoms with Crippen LogP contribution in [-0.4, -0.2) is 63.8 Å². The van der Waals surface area contributed by atoms with Crippen molar-refractivity contribution in [3.8, 4) is 5.75 Å². The third-order valence-corrected chi connectivity index (χ3v) is 8.68. The van der Waals surface area contributed by atoms with Gasteiger partial charge in [-0.25, -0.2) is 0 Å². The second-order valence-electron chi connectivity index (χ2n) is 11.0. The van der Waals surface area contributed by atoms with Gasteiger partial charge < -0.3 is 9.64 Å². The molecule has 8 heteroatoms. The first-order valence-corrected chi connectivity index (χ1v) is 13.6. The molecule has 2 aromatic carbocycles. The minimum atomic E-state index is -0.603. The lowest BCUT2D eigenvalue weighted by molar-refractivity contribution is -0.136. The second kappa shape index (κ2) is 9.20. The lowest BCUT2D eigenvalue weighted by Gasteiger charge is -2.45. The van der Waals surface area contributed by atoms with Crippen molar-refractivity contribution < 1.29 is 19.1 Å². The van der Waals surface area contributed by atoms with E-state index < -0.39 is 6.04 Å². The molecule has 1 aromatic heterocycles. The highest BCUT2D eigenvalue weighted by Gasteiger charge is 2.42. The summed E-state index contributed by atoms with van der Waals surface area (Å²) < 4.78 is 6.51. The van der Waals surface area contributed by atoms with Crippen LogP contribution in [0.4, 0.5) is 0 Å². The zero-order valence-electron chi connectivity index (χ0n) is 21.1. The van der Waals surface area contributed by atoms with E-state index in [1.54, 1.807) is 4.90 Å². The highest BCUT2D eigenvalue weighted by molar-refractivity contribution is 6.05. The van der Waals surface area contributed by atoms with Crippen molar-refractivity contribution in [2.24, 2.45) is 0 Å². The average molecular weight is 511 g/mol. The molecule has 7 rings (SSSR count). The summed E-state index contributed by atoms with van der Waals surface area (Å²) in [5.74, 6) is 0.471. The normalized spacial score (nSPS) is 25.9. The van der Waals surface area contributed by atoms with E-state index in [0.717, 1.165) is 49.2 Å².